The maximum Gasteiger partial charge on any atom is 0.243 e. The Morgan fingerprint density at radius 2 is 2.00 bits per heavy atom. The van der Waals surface area contributed by atoms with Crippen LogP contribution in [0.3, 0.4) is 0 Å². The molecule has 0 bridgehead atoms. The SMILES string of the molecule is CC(Nc1nc2ccc(Cl)cn2n1)c1ccncc1. The average Bonchev–Trinajstić information content (AvgIpc) is 2.81. The van der Waals surface area contributed by atoms with Crippen LogP contribution in [-0.2, 0) is 0 Å². The second-order valence-electron chi connectivity index (χ2n) is 4.23. The van der Waals surface area contributed by atoms with Crippen LogP contribution in [0.5, 0.6) is 0 Å². The van der Waals surface area contributed by atoms with Crippen LogP contribution in [0.2, 0.25) is 5.02 Å². The standard InChI is InChI=1S/C13H12ClN5/c1-9(10-4-6-15-7-5-10)16-13-17-12-3-2-11(14)8-19(12)18-13/h2-9H,1H3,(H,16,18). The second-order valence-corrected chi connectivity index (χ2v) is 4.67. The van der Waals surface area contributed by atoms with Crippen molar-refractivity contribution in [2.45, 2.75) is 13.0 Å². The largest absolute Gasteiger partial charge is 0.346 e. The van der Waals surface area contributed by atoms with Crippen LogP contribution in [0.4, 0.5) is 5.95 Å². The molecule has 96 valence electrons. The summed E-state index contributed by atoms with van der Waals surface area (Å²) in [7, 11) is 0. The zero-order valence-electron chi connectivity index (χ0n) is 10.3. The molecule has 3 heterocycles. The van der Waals surface area contributed by atoms with Gasteiger partial charge in [-0.1, -0.05) is 11.6 Å². The van der Waals surface area contributed by atoms with Gasteiger partial charge in [0.1, 0.15) is 0 Å². The van der Waals surface area contributed by atoms with Gasteiger partial charge in [0, 0.05) is 18.6 Å². The molecule has 0 aliphatic rings. The van der Waals surface area contributed by atoms with Crippen LogP contribution in [-0.4, -0.2) is 19.6 Å². The molecule has 0 saturated heterocycles. The molecule has 3 rings (SSSR count). The number of nitrogens with zero attached hydrogens (tertiary/aromatic N) is 4. The van der Waals surface area contributed by atoms with Crippen LogP contribution in [0.1, 0.15) is 18.5 Å². The van der Waals surface area contributed by atoms with Gasteiger partial charge < -0.3 is 5.32 Å². The highest BCUT2D eigenvalue weighted by Gasteiger charge is 2.09. The van der Waals surface area contributed by atoms with E-state index in [9.17, 15) is 0 Å². The monoisotopic (exact) mass is 273 g/mol. The number of pyridine rings is 2. The molecule has 1 N–H and O–H groups in total. The van der Waals surface area contributed by atoms with Crippen LogP contribution in [0, 0.1) is 0 Å². The fourth-order valence-corrected chi connectivity index (χ4v) is 2.00. The van der Waals surface area contributed by atoms with Gasteiger partial charge in [-0.3, -0.25) is 4.98 Å². The summed E-state index contributed by atoms with van der Waals surface area (Å²) in [5.74, 6) is 0.576. The van der Waals surface area contributed by atoms with E-state index < -0.39 is 0 Å². The van der Waals surface area contributed by atoms with Gasteiger partial charge >= 0.3 is 0 Å². The van der Waals surface area contributed by atoms with Gasteiger partial charge in [-0.15, -0.1) is 5.10 Å². The fraction of sp³-hybridized carbons (Fsp3) is 0.154. The lowest BCUT2D eigenvalue weighted by Crippen LogP contribution is -2.07. The molecule has 5 nitrogen and oxygen atoms in total. The predicted octanol–water partition coefficient (Wildman–Crippen LogP) is 2.95. The summed E-state index contributed by atoms with van der Waals surface area (Å²) in [4.78, 5) is 8.39. The number of halogens is 1. The van der Waals surface area contributed by atoms with E-state index in [1.807, 2.05) is 25.1 Å². The molecular weight excluding hydrogens is 262 g/mol. The van der Waals surface area contributed by atoms with E-state index in [1.165, 1.54) is 0 Å². The Balaban J connectivity index is 1.85. The highest BCUT2D eigenvalue weighted by atomic mass is 35.5. The van der Waals surface area contributed by atoms with Gasteiger partial charge in [0.2, 0.25) is 5.95 Å². The Kier molecular flexibility index (Phi) is 3.05. The Bertz CT molecular complexity index is 695. The third-order valence-electron chi connectivity index (χ3n) is 2.85. The smallest absolute Gasteiger partial charge is 0.243 e. The van der Waals surface area contributed by atoms with Gasteiger partial charge in [-0.2, -0.15) is 4.98 Å². The van der Waals surface area contributed by atoms with Crippen molar-refractivity contribution in [3.8, 4) is 0 Å². The van der Waals surface area contributed by atoms with Gasteiger partial charge in [0.25, 0.3) is 0 Å². The summed E-state index contributed by atoms with van der Waals surface area (Å²) in [6.07, 6.45) is 5.26. The molecule has 0 spiro atoms. The van der Waals surface area contributed by atoms with Crippen LogP contribution in [0.15, 0.2) is 42.9 Å². The number of hydrogen-bond acceptors (Lipinski definition) is 4. The molecule has 1 atom stereocenters. The van der Waals surface area contributed by atoms with E-state index >= 15 is 0 Å². The first-order valence-corrected chi connectivity index (χ1v) is 6.28. The summed E-state index contributed by atoms with van der Waals surface area (Å²) >= 11 is 5.91. The van der Waals surface area contributed by atoms with Crippen molar-refractivity contribution in [3.05, 3.63) is 53.4 Å². The predicted molar refractivity (Wildman–Crippen MR) is 74.3 cm³/mol. The molecule has 3 aromatic heterocycles. The Morgan fingerprint density at radius 1 is 1.21 bits per heavy atom. The topological polar surface area (TPSA) is 55.1 Å². The molecule has 1 unspecified atom stereocenters. The van der Waals surface area contributed by atoms with Crippen molar-refractivity contribution >= 4 is 23.2 Å². The Hall–Kier alpha value is -2.14. The van der Waals surface area contributed by atoms with E-state index in [4.69, 9.17) is 11.6 Å². The van der Waals surface area contributed by atoms with Gasteiger partial charge in [0.05, 0.1) is 11.1 Å². The third kappa shape index (κ3) is 2.51. The van der Waals surface area contributed by atoms with Crippen LogP contribution >= 0.6 is 11.6 Å². The highest BCUT2D eigenvalue weighted by Crippen LogP contribution is 2.17. The van der Waals surface area contributed by atoms with E-state index in [2.05, 4.69) is 20.4 Å². The number of hydrogen-bond donors (Lipinski definition) is 1. The molecule has 0 radical (unpaired) electrons. The molecule has 0 aliphatic carbocycles. The fourth-order valence-electron chi connectivity index (χ4n) is 1.85. The lowest BCUT2D eigenvalue weighted by Gasteiger charge is -2.11. The minimum atomic E-state index is 0.107. The Labute approximate surface area is 115 Å². The molecule has 0 aromatic carbocycles. The molecular formula is C13H12ClN5. The van der Waals surface area contributed by atoms with Crippen molar-refractivity contribution in [1.29, 1.82) is 0 Å². The molecule has 0 amide bonds. The van der Waals surface area contributed by atoms with Crippen molar-refractivity contribution < 1.29 is 0 Å². The molecule has 3 aromatic rings. The summed E-state index contributed by atoms with van der Waals surface area (Å²) in [5, 5.41) is 8.22. The lowest BCUT2D eigenvalue weighted by molar-refractivity contribution is 0.850. The maximum atomic E-state index is 5.91. The van der Waals surface area contributed by atoms with Gasteiger partial charge in [-0.25, -0.2) is 4.52 Å². The zero-order chi connectivity index (χ0) is 13.2. The molecule has 19 heavy (non-hydrogen) atoms. The van der Waals surface area contributed by atoms with Crippen molar-refractivity contribution in [1.82, 2.24) is 19.6 Å². The summed E-state index contributed by atoms with van der Waals surface area (Å²) in [6, 6.07) is 7.66. The van der Waals surface area contributed by atoms with Crippen LogP contribution in [0.25, 0.3) is 5.65 Å². The third-order valence-corrected chi connectivity index (χ3v) is 3.07. The molecule has 0 fully saturated rings. The van der Waals surface area contributed by atoms with E-state index in [1.54, 1.807) is 29.2 Å². The number of anilines is 1. The summed E-state index contributed by atoms with van der Waals surface area (Å²) < 4.78 is 1.66. The first-order valence-electron chi connectivity index (χ1n) is 5.91. The van der Waals surface area contributed by atoms with Gasteiger partial charge in [0.15, 0.2) is 5.65 Å². The lowest BCUT2D eigenvalue weighted by atomic mass is 10.1. The number of nitrogens with one attached hydrogen (secondary N) is 1. The normalized spacial score (nSPS) is 12.5. The number of aromatic nitrogens is 4. The highest BCUT2D eigenvalue weighted by molar-refractivity contribution is 6.30. The number of fused-ring (bicyclic) bond motifs is 1. The zero-order valence-corrected chi connectivity index (χ0v) is 11.0. The Morgan fingerprint density at radius 3 is 2.79 bits per heavy atom. The van der Waals surface area contributed by atoms with Crippen molar-refractivity contribution in [2.75, 3.05) is 5.32 Å². The molecule has 0 aliphatic heterocycles. The summed E-state index contributed by atoms with van der Waals surface area (Å²) in [5.41, 5.74) is 1.89. The first kappa shape index (κ1) is 11.9. The van der Waals surface area contributed by atoms with E-state index in [-0.39, 0.29) is 6.04 Å². The quantitative estimate of drug-likeness (QED) is 0.797. The number of rotatable bonds is 3. The second kappa shape index (κ2) is 4.85. The minimum Gasteiger partial charge on any atom is -0.346 e. The average molecular weight is 274 g/mol. The minimum absolute atomic E-state index is 0.107. The first-order chi connectivity index (χ1) is 9.22. The molecule has 0 saturated carbocycles. The summed E-state index contributed by atoms with van der Waals surface area (Å²) in [6.45, 7) is 2.05. The molecule has 6 heteroatoms. The van der Waals surface area contributed by atoms with Crippen LogP contribution < -0.4 is 5.32 Å². The van der Waals surface area contributed by atoms with Gasteiger partial charge in [-0.05, 0) is 36.8 Å². The van der Waals surface area contributed by atoms with E-state index in [0.717, 1.165) is 11.2 Å². The maximum absolute atomic E-state index is 5.91. The van der Waals surface area contributed by atoms with Crippen molar-refractivity contribution in [3.63, 3.8) is 0 Å². The van der Waals surface area contributed by atoms with E-state index in [0.29, 0.717) is 11.0 Å². The van der Waals surface area contributed by atoms with Crippen molar-refractivity contribution in [2.24, 2.45) is 0 Å².